The van der Waals surface area contributed by atoms with E-state index in [4.69, 9.17) is 14.6 Å². The average Bonchev–Trinajstić information content (AvgIpc) is 3.56. The molecule has 1 saturated carbocycles. The molecule has 3 unspecified atom stereocenters. The van der Waals surface area contributed by atoms with Gasteiger partial charge in [-0.15, -0.1) is 0 Å². The van der Waals surface area contributed by atoms with Gasteiger partial charge >= 0.3 is 0 Å². The summed E-state index contributed by atoms with van der Waals surface area (Å²) in [5.74, 6) is 0.568. The lowest BCUT2D eigenvalue weighted by atomic mass is 9.83. The molecule has 4 fully saturated rings. The van der Waals surface area contributed by atoms with Gasteiger partial charge in [0, 0.05) is 71.9 Å². The number of aliphatic hydroxyl groups is 5. The lowest BCUT2D eigenvalue weighted by molar-refractivity contribution is -0.132. The second kappa shape index (κ2) is 20.0. The molecule has 8 atom stereocenters. The monoisotopic (exact) mass is 675 g/mol. The summed E-state index contributed by atoms with van der Waals surface area (Å²) in [6.45, 7) is 8.29. The molecule has 8 N–H and O–H groups in total. The molecule has 1 amide bonds. The van der Waals surface area contributed by atoms with Crippen LogP contribution in [0.1, 0.15) is 64.7 Å². The first kappa shape index (κ1) is 38.8. The van der Waals surface area contributed by atoms with Crippen molar-refractivity contribution in [1.29, 1.82) is 0 Å². The van der Waals surface area contributed by atoms with E-state index in [9.17, 15) is 25.2 Å². The van der Waals surface area contributed by atoms with Gasteiger partial charge in [0.15, 0.2) is 0 Å². The molecular weight excluding hydrogens is 613 g/mol. The molecule has 0 aromatic heterocycles. The first-order chi connectivity index (χ1) is 22.7. The maximum Gasteiger partial charge on any atom is 0.222 e. The molecule has 274 valence electrons. The Morgan fingerprint density at radius 2 is 1.64 bits per heavy atom. The number of nitrogens with one attached hydrogen (secondary N) is 3. The smallest absolute Gasteiger partial charge is 0.222 e. The summed E-state index contributed by atoms with van der Waals surface area (Å²) >= 11 is 0. The van der Waals surface area contributed by atoms with Crippen LogP contribution in [-0.4, -0.2) is 163 Å². The van der Waals surface area contributed by atoms with Gasteiger partial charge in [-0.1, -0.05) is 0 Å². The Morgan fingerprint density at radius 3 is 2.32 bits per heavy atom. The van der Waals surface area contributed by atoms with Crippen molar-refractivity contribution in [2.45, 2.75) is 114 Å². The summed E-state index contributed by atoms with van der Waals surface area (Å²) in [6.07, 6.45) is 0.520. The number of alkyl halides is 1. The fourth-order valence-corrected chi connectivity index (χ4v) is 7.59. The first-order valence-electron chi connectivity index (χ1n) is 18.1. The van der Waals surface area contributed by atoms with Gasteiger partial charge in [0.05, 0.1) is 24.9 Å². The summed E-state index contributed by atoms with van der Waals surface area (Å²) < 4.78 is 26.9. The third-order valence-electron chi connectivity index (χ3n) is 10.7. The standard InChI is InChI=1S/C33H62FN5O8/c1-2-46-26-17-36-33(37-18-26)38-10-7-22(8-11-38)4-3-13-47-25-6-5-24(27(34)15-25)14-30(43)39-12-9-23(20-39)16-35-19-28(41)31(44)32(45)29(42)21-40/h22-29,31-33,35-37,40-42,44-45H,2-21H2,1H3/t23-,24?,25?,26?,27?,28-,29+,31+,32+,33?/m0/s1. The van der Waals surface area contributed by atoms with Crippen LogP contribution in [0.5, 0.6) is 0 Å². The highest BCUT2D eigenvalue weighted by Crippen LogP contribution is 2.33. The number of hydrogen-bond donors (Lipinski definition) is 8. The molecule has 13 nitrogen and oxygen atoms in total. The zero-order valence-corrected chi connectivity index (χ0v) is 28.2. The van der Waals surface area contributed by atoms with Gasteiger partial charge < -0.3 is 45.2 Å². The topological polar surface area (TPSA) is 179 Å². The Balaban J connectivity index is 1.03. The molecule has 4 aliphatic rings. The summed E-state index contributed by atoms with van der Waals surface area (Å²) in [5.41, 5.74) is 0. The lowest BCUT2D eigenvalue weighted by Crippen LogP contribution is -2.64. The Labute approximate surface area is 279 Å². The summed E-state index contributed by atoms with van der Waals surface area (Å²) in [4.78, 5) is 17.3. The molecule has 0 bridgehead atoms. The minimum absolute atomic E-state index is 0.0123. The van der Waals surface area contributed by atoms with Crippen LogP contribution >= 0.6 is 0 Å². The summed E-state index contributed by atoms with van der Waals surface area (Å²) in [5, 5.41) is 58.3. The van der Waals surface area contributed by atoms with Crippen molar-refractivity contribution < 1.29 is 44.2 Å². The van der Waals surface area contributed by atoms with E-state index in [-0.39, 0.29) is 49.2 Å². The zero-order chi connectivity index (χ0) is 33.8. The largest absolute Gasteiger partial charge is 0.394 e. The molecule has 0 spiro atoms. The maximum atomic E-state index is 15.1. The maximum absolute atomic E-state index is 15.1. The minimum Gasteiger partial charge on any atom is -0.394 e. The van der Waals surface area contributed by atoms with Crippen LogP contribution in [0.25, 0.3) is 0 Å². The number of carbonyl (C=O) groups is 1. The van der Waals surface area contributed by atoms with E-state index in [2.05, 4.69) is 20.9 Å². The van der Waals surface area contributed by atoms with Crippen LogP contribution in [0.2, 0.25) is 0 Å². The number of carbonyl (C=O) groups excluding carboxylic acids is 1. The predicted molar refractivity (Wildman–Crippen MR) is 174 cm³/mol. The molecule has 1 aliphatic carbocycles. The van der Waals surface area contributed by atoms with Gasteiger partial charge in [0.2, 0.25) is 5.91 Å². The zero-order valence-electron chi connectivity index (χ0n) is 28.2. The van der Waals surface area contributed by atoms with E-state index >= 15 is 4.39 Å². The Hall–Kier alpha value is -1.04. The van der Waals surface area contributed by atoms with Crippen LogP contribution in [0, 0.1) is 17.8 Å². The number of likely N-dealkylation sites (tertiary alicyclic amines) is 2. The summed E-state index contributed by atoms with van der Waals surface area (Å²) in [6, 6.07) is 0. The second-order valence-corrected chi connectivity index (χ2v) is 14.2. The van der Waals surface area contributed by atoms with Crippen LogP contribution in [0.3, 0.4) is 0 Å². The number of halogens is 1. The van der Waals surface area contributed by atoms with Gasteiger partial charge in [-0.25, -0.2) is 4.39 Å². The van der Waals surface area contributed by atoms with E-state index < -0.39 is 37.2 Å². The van der Waals surface area contributed by atoms with Crippen molar-refractivity contribution in [3.05, 3.63) is 0 Å². The molecule has 4 rings (SSSR count). The Bertz CT molecular complexity index is 897. The molecule has 3 heterocycles. The van der Waals surface area contributed by atoms with Crippen molar-refractivity contribution in [1.82, 2.24) is 25.8 Å². The highest BCUT2D eigenvalue weighted by Gasteiger charge is 2.36. The third kappa shape index (κ3) is 12.1. The number of amides is 1. The van der Waals surface area contributed by atoms with E-state index in [1.807, 2.05) is 6.92 Å². The molecule has 47 heavy (non-hydrogen) atoms. The SMILES string of the molecule is CCOC1CNC(N2CCC(CCCOC3CCC(CC(=O)N4CC[C@@H](CNC[C@H](O)[C@@H](O)[C@H](O)[C@H](O)CO)C4)C(F)C3)CC2)NC1. The van der Waals surface area contributed by atoms with E-state index in [1.54, 1.807) is 4.90 Å². The van der Waals surface area contributed by atoms with Crippen LogP contribution in [0.15, 0.2) is 0 Å². The van der Waals surface area contributed by atoms with Gasteiger partial charge in [-0.2, -0.15) is 0 Å². The van der Waals surface area contributed by atoms with E-state index in [0.29, 0.717) is 45.0 Å². The molecular formula is C33H62FN5O8. The van der Waals surface area contributed by atoms with E-state index in [1.165, 1.54) is 12.8 Å². The number of ether oxygens (including phenoxy) is 2. The molecule has 3 saturated heterocycles. The lowest BCUT2D eigenvalue weighted by Gasteiger charge is -2.41. The van der Waals surface area contributed by atoms with Crippen molar-refractivity contribution >= 4 is 5.91 Å². The Kier molecular flexibility index (Phi) is 16.5. The molecule has 0 aromatic rings. The van der Waals surface area contributed by atoms with Gasteiger partial charge in [0.25, 0.3) is 0 Å². The normalized spacial score (nSPS) is 32.3. The fraction of sp³-hybridized carbons (Fsp3) is 0.970. The van der Waals surface area contributed by atoms with Gasteiger partial charge in [0.1, 0.15) is 30.8 Å². The number of piperidine rings is 1. The average molecular weight is 676 g/mol. The first-order valence-corrected chi connectivity index (χ1v) is 18.1. The van der Waals surface area contributed by atoms with Crippen molar-refractivity contribution in [3.63, 3.8) is 0 Å². The number of nitrogens with zero attached hydrogens (tertiary/aromatic N) is 2. The minimum atomic E-state index is -1.66. The molecule has 14 heteroatoms. The fourth-order valence-electron chi connectivity index (χ4n) is 7.59. The predicted octanol–water partition coefficient (Wildman–Crippen LogP) is -0.852. The van der Waals surface area contributed by atoms with Crippen molar-refractivity contribution in [2.24, 2.45) is 17.8 Å². The van der Waals surface area contributed by atoms with Crippen molar-refractivity contribution in [2.75, 3.05) is 72.2 Å². The molecule has 3 aliphatic heterocycles. The second-order valence-electron chi connectivity index (χ2n) is 14.2. The van der Waals surface area contributed by atoms with Gasteiger partial charge in [-0.3, -0.25) is 20.3 Å². The third-order valence-corrected chi connectivity index (χ3v) is 10.7. The number of hydrogen-bond acceptors (Lipinski definition) is 12. The van der Waals surface area contributed by atoms with Crippen LogP contribution in [-0.2, 0) is 14.3 Å². The van der Waals surface area contributed by atoms with E-state index in [0.717, 1.165) is 58.5 Å². The number of rotatable bonds is 18. The summed E-state index contributed by atoms with van der Waals surface area (Å²) in [7, 11) is 0. The highest BCUT2D eigenvalue weighted by molar-refractivity contribution is 5.76. The van der Waals surface area contributed by atoms with Crippen molar-refractivity contribution in [3.8, 4) is 0 Å². The number of aliphatic hydroxyl groups excluding tert-OH is 5. The van der Waals surface area contributed by atoms with Crippen LogP contribution in [0.4, 0.5) is 4.39 Å². The Morgan fingerprint density at radius 1 is 0.936 bits per heavy atom. The molecule has 0 aromatic carbocycles. The quantitative estimate of drug-likeness (QED) is 0.0846. The highest BCUT2D eigenvalue weighted by atomic mass is 19.1. The van der Waals surface area contributed by atoms with Crippen LogP contribution < -0.4 is 16.0 Å². The van der Waals surface area contributed by atoms with Gasteiger partial charge in [-0.05, 0) is 76.2 Å². The molecule has 0 radical (unpaired) electrons.